The van der Waals surface area contributed by atoms with Gasteiger partial charge in [-0.05, 0) is 31.9 Å². The van der Waals surface area contributed by atoms with E-state index in [0.29, 0.717) is 32.0 Å². The van der Waals surface area contributed by atoms with Crippen molar-refractivity contribution in [3.63, 3.8) is 0 Å². The molecule has 3 nitrogen and oxygen atoms in total. The average Bonchev–Trinajstić information content (AvgIpc) is 2.81. The van der Waals surface area contributed by atoms with Crippen LogP contribution in [0.15, 0.2) is 17.1 Å². The molecule has 0 fully saturated rings. The second-order valence-electron chi connectivity index (χ2n) is 4.87. The Balaban J connectivity index is 0.00000484. The highest BCUT2D eigenvalue weighted by Crippen LogP contribution is 2.23. The lowest BCUT2D eigenvalue weighted by molar-refractivity contribution is -0.135. The first-order chi connectivity index (χ1) is 10.3. The normalized spacial score (nSPS) is 12.0. The molecule has 0 unspecified atom stereocenters. The van der Waals surface area contributed by atoms with Gasteiger partial charge in [-0.1, -0.05) is 11.6 Å². The van der Waals surface area contributed by atoms with Crippen molar-refractivity contribution in [3.05, 3.63) is 21.3 Å². The minimum atomic E-state index is -4.08. The zero-order valence-electron chi connectivity index (χ0n) is 13.1. The van der Waals surface area contributed by atoms with Crippen molar-refractivity contribution in [2.24, 2.45) is 4.99 Å². The second kappa shape index (κ2) is 11.4. The number of hydrogen-bond donors (Lipinski definition) is 1. The first-order valence-electron chi connectivity index (χ1n) is 7.12. The quantitative estimate of drug-likeness (QED) is 0.251. The van der Waals surface area contributed by atoms with Crippen molar-refractivity contribution in [3.8, 4) is 0 Å². The van der Waals surface area contributed by atoms with E-state index in [9.17, 15) is 13.2 Å². The number of rotatable bonds is 7. The van der Waals surface area contributed by atoms with E-state index in [4.69, 9.17) is 11.6 Å². The van der Waals surface area contributed by atoms with Crippen LogP contribution in [0.4, 0.5) is 13.2 Å². The number of nitrogens with one attached hydrogen (secondary N) is 1. The number of halogens is 5. The molecule has 1 rings (SSSR count). The van der Waals surface area contributed by atoms with Crippen molar-refractivity contribution in [1.29, 1.82) is 0 Å². The summed E-state index contributed by atoms with van der Waals surface area (Å²) in [6, 6.07) is 3.80. The van der Waals surface area contributed by atoms with Gasteiger partial charge in [-0.15, -0.1) is 35.3 Å². The molecule has 0 bridgehead atoms. The summed E-state index contributed by atoms with van der Waals surface area (Å²) in [5, 5.41) is 3.14. The highest BCUT2D eigenvalue weighted by atomic mass is 127. The summed E-state index contributed by atoms with van der Waals surface area (Å²) in [6.45, 7) is 3.70. The molecule has 1 aromatic rings. The fourth-order valence-electron chi connectivity index (χ4n) is 1.84. The van der Waals surface area contributed by atoms with E-state index in [0.717, 1.165) is 9.21 Å². The topological polar surface area (TPSA) is 27.6 Å². The average molecular weight is 484 g/mol. The lowest BCUT2D eigenvalue weighted by Crippen LogP contribution is -2.38. The predicted molar refractivity (Wildman–Crippen MR) is 102 cm³/mol. The summed E-state index contributed by atoms with van der Waals surface area (Å²) >= 11 is 7.40. The van der Waals surface area contributed by atoms with Crippen molar-refractivity contribution >= 4 is 52.9 Å². The molecule has 9 heteroatoms. The number of alkyl halides is 3. The molecule has 0 aliphatic rings. The van der Waals surface area contributed by atoms with Gasteiger partial charge in [-0.2, -0.15) is 13.2 Å². The van der Waals surface area contributed by atoms with Gasteiger partial charge in [-0.25, -0.2) is 0 Å². The summed E-state index contributed by atoms with van der Waals surface area (Å²) in [5.74, 6) is 0.694. The molecule has 0 aromatic carbocycles. The summed E-state index contributed by atoms with van der Waals surface area (Å²) in [6.07, 6.45) is -4.30. The Morgan fingerprint density at radius 2 is 2.04 bits per heavy atom. The lowest BCUT2D eigenvalue weighted by atomic mass is 10.2. The van der Waals surface area contributed by atoms with Gasteiger partial charge in [0.05, 0.1) is 10.9 Å². The van der Waals surface area contributed by atoms with Gasteiger partial charge >= 0.3 is 6.18 Å². The van der Waals surface area contributed by atoms with Crippen molar-refractivity contribution in [2.45, 2.75) is 38.9 Å². The molecule has 0 atom stereocenters. The van der Waals surface area contributed by atoms with Gasteiger partial charge < -0.3 is 10.2 Å². The van der Waals surface area contributed by atoms with E-state index >= 15 is 0 Å². The molecule has 0 saturated carbocycles. The molecule has 0 spiro atoms. The van der Waals surface area contributed by atoms with Crippen LogP contribution in [0.5, 0.6) is 0 Å². The smallest absolute Gasteiger partial charge is 0.357 e. The molecule has 0 saturated heterocycles. The Bertz CT molecular complexity index is 480. The number of thiophene rings is 1. The maximum absolute atomic E-state index is 12.1. The third kappa shape index (κ3) is 10.3. The summed E-state index contributed by atoms with van der Waals surface area (Å²) in [7, 11) is 1.89. The number of guanidine groups is 1. The van der Waals surface area contributed by atoms with E-state index in [1.807, 2.05) is 31.0 Å². The molecular formula is C14H22ClF3IN3S. The van der Waals surface area contributed by atoms with Gasteiger partial charge in [0, 0.05) is 31.4 Å². The molecule has 0 amide bonds. The molecule has 0 aliphatic carbocycles. The van der Waals surface area contributed by atoms with Gasteiger partial charge in [0.15, 0.2) is 5.96 Å². The van der Waals surface area contributed by atoms with Crippen LogP contribution in [0.1, 0.15) is 31.1 Å². The Hall–Kier alpha value is -0.220. The van der Waals surface area contributed by atoms with Crippen LogP contribution in [-0.2, 0) is 6.54 Å². The number of aliphatic imine (C=N–C) groups is 1. The zero-order valence-corrected chi connectivity index (χ0v) is 17.0. The molecule has 0 radical (unpaired) electrons. The van der Waals surface area contributed by atoms with Crippen LogP contribution >= 0.6 is 46.9 Å². The van der Waals surface area contributed by atoms with E-state index in [1.165, 1.54) is 11.3 Å². The molecule has 134 valence electrons. The number of hydrogen-bond acceptors (Lipinski definition) is 2. The zero-order chi connectivity index (χ0) is 16.6. The van der Waals surface area contributed by atoms with Crippen LogP contribution in [0.2, 0.25) is 4.34 Å². The third-order valence-corrected chi connectivity index (χ3v) is 4.06. The van der Waals surface area contributed by atoms with Crippen molar-refractivity contribution in [1.82, 2.24) is 10.2 Å². The summed E-state index contributed by atoms with van der Waals surface area (Å²) in [5.41, 5.74) is 0. The number of nitrogens with zero attached hydrogens (tertiary/aromatic N) is 2. The lowest BCUT2D eigenvalue weighted by Gasteiger charge is -2.21. The number of unbranched alkanes of at least 4 members (excludes halogenated alkanes) is 1. The van der Waals surface area contributed by atoms with Gasteiger partial charge in [0.2, 0.25) is 0 Å². The van der Waals surface area contributed by atoms with E-state index in [2.05, 4.69) is 10.3 Å². The maximum Gasteiger partial charge on any atom is 0.389 e. The Morgan fingerprint density at radius 1 is 1.35 bits per heavy atom. The molecule has 1 N–H and O–H groups in total. The fraction of sp³-hybridized carbons (Fsp3) is 0.643. The molecule has 23 heavy (non-hydrogen) atoms. The largest absolute Gasteiger partial charge is 0.389 e. The van der Waals surface area contributed by atoms with Gasteiger partial charge in [-0.3, -0.25) is 4.99 Å². The maximum atomic E-state index is 12.1. The highest BCUT2D eigenvalue weighted by molar-refractivity contribution is 14.0. The SMILES string of the molecule is CCNC(=NCCCCC(F)(F)F)N(C)Cc1ccc(Cl)s1.I. The first kappa shape index (κ1) is 22.8. The molecular weight excluding hydrogens is 462 g/mol. The summed E-state index contributed by atoms with van der Waals surface area (Å²) < 4.78 is 36.9. The minimum absolute atomic E-state index is 0. The third-order valence-electron chi connectivity index (χ3n) is 2.85. The monoisotopic (exact) mass is 483 g/mol. The van der Waals surface area contributed by atoms with Crippen LogP contribution in [0, 0.1) is 0 Å². The molecule has 0 aliphatic heterocycles. The van der Waals surface area contributed by atoms with Gasteiger partial charge in [0.1, 0.15) is 0 Å². The van der Waals surface area contributed by atoms with Crippen molar-refractivity contribution in [2.75, 3.05) is 20.1 Å². The van der Waals surface area contributed by atoms with E-state index in [-0.39, 0.29) is 30.4 Å². The molecule has 1 heterocycles. The van der Waals surface area contributed by atoms with Crippen molar-refractivity contribution < 1.29 is 13.2 Å². The standard InChI is InChI=1S/C14H21ClF3N3S.HI/c1-3-19-13(20-9-5-4-8-14(16,17)18)21(2)10-11-6-7-12(15)22-11;/h6-7H,3-5,8-10H2,1-2H3,(H,19,20);1H. The molecule has 1 aromatic heterocycles. The Kier molecular flexibility index (Phi) is 11.2. The van der Waals surface area contributed by atoms with Crippen LogP contribution < -0.4 is 5.32 Å². The van der Waals surface area contributed by atoms with E-state index in [1.54, 1.807) is 0 Å². The predicted octanol–water partition coefficient (Wildman–Crippen LogP) is 5.15. The first-order valence-corrected chi connectivity index (χ1v) is 8.31. The van der Waals surface area contributed by atoms with Crippen LogP contribution in [0.3, 0.4) is 0 Å². The van der Waals surface area contributed by atoms with Gasteiger partial charge in [0.25, 0.3) is 0 Å². The Morgan fingerprint density at radius 3 is 2.57 bits per heavy atom. The summed E-state index contributed by atoms with van der Waals surface area (Å²) in [4.78, 5) is 7.42. The second-order valence-corrected chi connectivity index (χ2v) is 6.67. The van der Waals surface area contributed by atoms with E-state index < -0.39 is 12.6 Å². The Labute approximate surface area is 161 Å². The highest BCUT2D eigenvalue weighted by Gasteiger charge is 2.25. The minimum Gasteiger partial charge on any atom is -0.357 e. The van der Waals surface area contributed by atoms with Crippen LogP contribution in [0.25, 0.3) is 0 Å². The fourth-order valence-corrected chi connectivity index (χ4v) is 2.98. The van der Waals surface area contributed by atoms with Crippen LogP contribution in [-0.4, -0.2) is 37.2 Å².